The molecular weight excluding hydrogens is 270 g/mol. The van der Waals surface area contributed by atoms with Crippen molar-refractivity contribution in [2.24, 2.45) is 7.05 Å². The quantitative estimate of drug-likeness (QED) is 0.937. The lowest BCUT2D eigenvalue weighted by atomic mass is 9.89. The second-order valence-corrected chi connectivity index (χ2v) is 5.57. The summed E-state index contributed by atoms with van der Waals surface area (Å²) in [6, 6.07) is 0.144. The standard InChI is InChI=1S/C14H19N5O2/c1-9-8-19(2)18-11(9)12(20)15-14-17-16-13(21-14)10-6-4-3-5-7-10/h8,10H,3-7H2,1-2H3,(H,15,17,20). The number of carbonyl (C=O) groups excluding carboxylic acids is 1. The Morgan fingerprint density at radius 1 is 1.33 bits per heavy atom. The summed E-state index contributed by atoms with van der Waals surface area (Å²) in [5, 5.41) is 14.7. The second kappa shape index (κ2) is 5.67. The van der Waals surface area contributed by atoms with Gasteiger partial charge < -0.3 is 4.42 Å². The average Bonchev–Trinajstić information content (AvgIpc) is 3.06. The fraction of sp³-hybridized carbons (Fsp3) is 0.571. The van der Waals surface area contributed by atoms with Crippen molar-refractivity contribution in [2.45, 2.75) is 44.9 Å². The molecule has 0 bridgehead atoms. The molecule has 1 saturated carbocycles. The highest BCUT2D eigenvalue weighted by molar-refractivity contribution is 6.02. The highest BCUT2D eigenvalue weighted by Crippen LogP contribution is 2.32. The molecule has 1 aliphatic carbocycles. The maximum atomic E-state index is 12.1. The van der Waals surface area contributed by atoms with Crippen LogP contribution < -0.4 is 5.32 Å². The molecule has 112 valence electrons. The van der Waals surface area contributed by atoms with Crippen molar-refractivity contribution in [2.75, 3.05) is 5.32 Å². The first kappa shape index (κ1) is 13.8. The van der Waals surface area contributed by atoms with E-state index in [1.807, 2.05) is 6.92 Å². The number of anilines is 1. The Labute approximate surface area is 122 Å². The monoisotopic (exact) mass is 289 g/mol. The van der Waals surface area contributed by atoms with Gasteiger partial charge in [0.2, 0.25) is 5.89 Å². The van der Waals surface area contributed by atoms with Crippen LogP contribution in [0, 0.1) is 6.92 Å². The van der Waals surface area contributed by atoms with Gasteiger partial charge in [-0.05, 0) is 19.8 Å². The molecule has 0 aromatic carbocycles. The lowest BCUT2D eigenvalue weighted by Gasteiger charge is -2.17. The summed E-state index contributed by atoms with van der Waals surface area (Å²) in [6.07, 6.45) is 7.61. The van der Waals surface area contributed by atoms with Crippen LogP contribution in [-0.2, 0) is 7.05 Å². The third kappa shape index (κ3) is 2.96. The highest BCUT2D eigenvalue weighted by Gasteiger charge is 2.22. The molecule has 0 unspecified atom stereocenters. The topological polar surface area (TPSA) is 85.8 Å². The maximum absolute atomic E-state index is 12.1. The smallest absolute Gasteiger partial charge is 0.322 e. The minimum Gasteiger partial charge on any atom is -0.408 e. The molecule has 0 saturated heterocycles. The molecule has 1 aliphatic rings. The molecule has 3 rings (SSSR count). The van der Waals surface area contributed by atoms with Crippen LogP contribution in [0.3, 0.4) is 0 Å². The number of aromatic nitrogens is 4. The normalized spacial score (nSPS) is 16.1. The van der Waals surface area contributed by atoms with E-state index >= 15 is 0 Å². The highest BCUT2D eigenvalue weighted by atomic mass is 16.4. The van der Waals surface area contributed by atoms with E-state index in [-0.39, 0.29) is 11.9 Å². The van der Waals surface area contributed by atoms with E-state index in [1.54, 1.807) is 17.9 Å². The van der Waals surface area contributed by atoms with Crippen molar-refractivity contribution in [3.63, 3.8) is 0 Å². The summed E-state index contributed by atoms with van der Waals surface area (Å²) in [6.45, 7) is 1.84. The van der Waals surface area contributed by atoms with Crippen LogP contribution in [0.5, 0.6) is 0 Å². The molecule has 0 spiro atoms. The lowest BCUT2D eigenvalue weighted by molar-refractivity contribution is 0.101. The second-order valence-electron chi connectivity index (χ2n) is 5.57. The molecule has 21 heavy (non-hydrogen) atoms. The summed E-state index contributed by atoms with van der Waals surface area (Å²) < 4.78 is 7.18. The molecule has 7 heteroatoms. The van der Waals surface area contributed by atoms with Crippen LogP contribution in [0.4, 0.5) is 6.01 Å². The zero-order chi connectivity index (χ0) is 14.8. The first-order valence-corrected chi connectivity index (χ1v) is 7.28. The van der Waals surface area contributed by atoms with E-state index in [2.05, 4.69) is 20.6 Å². The molecular formula is C14H19N5O2. The first-order valence-electron chi connectivity index (χ1n) is 7.28. The number of aryl methyl sites for hydroxylation is 2. The molecule has 2 aromatic heterocycles. The van der Waals surface area contributed by atoms with Gasteiger partial charge >= 0.3 is 6.01 Å². The van der Waals surface area contributed by atoms with Gasteiger partial charge in [-0.1, -0.05) is 24.4 Å². The number of carbonyl (C=O) groups is 1. The van der Waals surface area contributed by atoms with E-state index in [0.717, 1.165) is 18.4 Å². The number of nitrogens with zero attached hydrogens (tertiary/aromatic N) is 4. The van der Waals surface area contributed by atoms with Crippen molar-refractivity contribution < 1.29 is 9.21 Å². The van der Waals surface area contributed by atoms with E-state index < -0.39 is 0 Å². The van der Waals surface area contributed by atoms with Crippen molar-refractivity contribution in [1.29, 1.82) is 0 Å². The molecule has 2 heterocycles. The van der Waals surface area contributed by atoms with Crippen LogP contribution in [0.1, 0.15) is 60.0 Å². The Morgan fingerprint density at radius 2 is 2.10 bits per heavy atom. The average molecular weight is 289 g/mol. The van der Waals surface area contributed by atoms with E-state index in [0.29, 0.717) is 17.5 Å². The van der Waals surface area contributed by atoms with Crippen molar-refractivity contribution in [3.8, 4) is 0 Å². The van der Waals surface area contributed by atoms with Crippen molar-refractivity contribution in [1.82, 2.24) is 20.0 Å². The minimum absolute atomic E-state index is 0.144. The van der Waals surface area contributed by atoms with Gasteiger partial charge in [-0.2, -0.15) is 5.10 Å². The number of hydrogen-bond acceptors (Lipinski definition) is 5. The lowest BCUT2D eigenvalue weighted by Crippen LogP contribution is -2.14. The Hall–Kier alpha value is -2.18. The molecule has 2 aromatic rings. The van der Waals surface area contributed by atoms with Gasteiger partial charge in [-0.15, -0.1) is 5.10 Å². The minimum atomic E-state index is -0.327. The van der Waals surface area contributed by atoms with Crippen LogP contribution in [-0.4, -0.2) is 25.9 Å². The zero-order valence-electron chi connectivity index (χ0n) is 12.3. The Balaban J connectivity index is 1.69. The van der Waals surface area contributed by atoms with Gasteiger partial charge in [0.1, 0.15) is 0 Å². The third-order valence-electron chi connectivity index (χ3n) is 3.84. The van der Waals surface area contributed by atoms with E-state index in [1.165, 1.54) is 19.3 Å². The molecule has 0 atom stereocenters. The number of rotatable bonds is 3. The fourth-order valence-electron chi connectivity index (χ4n) is 2.79. The number of amides is 1. The summed E-state index contributed by atoms with van der Waals surface area (Å²) in [5.41, 5.74) is 1.18. The van der Waals surface area contributed by atoms with Gasteiger partial charge in [-0.3, -0.25) is 14.8 Å². The molecule has 1 N–H and O–H groups in total. The largest absolute Gasteiger partial charge is 0.408 e. The number of nitrogens with one attached hydrogen (secondary N) is 1. The Morgan fingerprint density at radius 3 is 2.76 bits per heavy atom. The Kier molecular flexibility index (Phi) is 3.72. The summed E-state index contributed by atoms with van der Waals surface area (Å²) in [5.74, 6) is 0.628. The van der Waals surface area contributed by atoms with Gasteiger partial charge in [0.25, 0.3) is 5.91 Å². The van der Waals surface area contributed by atoms with Crippen LogP contribution in [0.25, 0.3) is 0 Å². The van der Waals surface area contributed by atoms with Gasteiger partial charge in [0, 0.05) is 24.7 Å². The molecule has 1 fully saturated rings. The molecule has 0 radical (unpaired) electrons. The predicted molar refractivity (Wildman–Crippen MR) is 76.0 cm³/mol. The fourth-order valence-corrected chi connectivity index (χ4v) is 2.79. The van der Waals surface area contributed by atoms with Gasteiger partial charge in [-0.25, -0.2) is 0 Å². The summed E-state index contributed by atoms with van der Waals surface area (Å²) in [4.78, 5) is 12.1. The molecule has 7 nitrogen and oxygen atoms in total. The first-order chi connectivity index (χ1) is 10.1. The summed E-state index contributed by atoms with van der Waals surface area (Å²) in [7, 11) is 1.78. The zero-order valence-corrected chi connectivity index (χ0v) is 12.3. The summed E-state index contributed by atoms with van der Waals surface area (Å²) >= 11 is 0. The van der Waals surface area contributed by atoms with Gasteiger partial charge in [0.15, 0.2) is 5.69 Å². The predicted octanol–water partition coefficient (Wildman–Crippen LogP) is 2.41. The van der Waals surface area contributed by atoms with E-state index in [9.17, 15) is 4.79 Å². The van der Waals surface area contributed by atoms with Gasteiger partial charge in [0.05, 0.1) is 0 Å². The third-order valence-corrected chi connectivity index (χ3v) is 3.84. The van der Waals surface area contributed by atoms with Crippen LogP contribution >= 0.6 is 0 Å². The van der Waals surface area contributed by atoms with Crippen LogP contribution in [0.2, 0.25) is 0 Å². The van der Waals surface area contributed by atoms with Crippen LogP contribution in [0.15, 0.2) is 10.6 Å². The molecule has 0 aliphatic heterocycles. The SMILES string of the molecule is Cc1cn(C)nc1C(=O)Nc1nnc(C2CCCCC2)o1. The van der Waals surface area contributed by atoms with Crippen molar-refractivity contribution >= 4 is 11.9 Å². The Bertz CT molecular complexity index is 640. The number of hydrogen-bond donors (Lipinski definition) is 1. The van der Waals surface area contributed by atoms with Crippen molar-refractivity contribution in [3.05, 3.63) is 23.3 Å². The maximum Gasteiger partial charge on any atom is 0.322 e. The van der Waals surface area contributed by atoms with E-state index in [4.69, 9.17) is 4.42 Å². The molecule has 1 amide bonds.